The van der Waals surface area contributed by atoms with Gasteiger partial charge in [-0.3, -0.25) is 0 Å². The molecule has 1 aliphatic rings. The highest BCUT2D eigenvalue weighted by molar-refractivity contribution is 9.10. The summed E-state index contributed by atoms with van der Waals surface area (Å²) in [6.07, 6.45) is -3.51. The molecule has 1 aliphatic heterocycles. The average Bonchev–Trinajstić information content (AvgIpc) is 2.25. The smallest absolute Gasteiger partial charge is 0.366 e. The van der Waals surface area contributed by atoms with Gasteiger partial charge < -0.3 is 10.2 Å². The largest absolute Gasteiger partial charge is 0.418 e. The van der Waals surface area contributed by atoms with Gasteiger partial charge in [-0.1, -0.05) is 22.9 Å². The van der Waals surface area contributed by atoms with Crippen LogP contribution < -0.4 is 10.2 Å². The molecule has 1 N–H and O–H groups in total. The van der Waals surface area contributed by atoms with Crippen molar-refractivity contribution < 1.29 is 13.2 Å². The highest BCUT2D eigenvalue weighted by Gasteiger charge is 2.37. The number of nitrogens with one attached hydrogen (secondary N) is 1. The van der Waals surface area contributed by atoms with Crippen molar-refractivity contribution in [2.45, 2.75) is 25.6 Å². The summed E-state index contributed by atoms with van der Waals surface area (Å²) < 4.78 is 39.9. The Morgan fingerprint density at radius 2 is 2.05 bits per heavy atom. The second kappa shape index (κ2) is 5.71. The van der Waals surface area contributed by atoms with E-state index >= 15 is 0 Å². The SMILES string of the molecule is CCCN(c1ccc(Br)cc1C(F)(F)F)C1CNC1. The maximum atomic E-state index is 13.2. The van der Waals surface area contributed by atoms with E-state index in [4.69, 9.17) is 0 Å². The van der Waals surface area contributed by atoms with Gasteiger partial charge in [0.15, 0.2) is 0 Å². The van der Waals surface area contributed by atoms with Crippen LogP contribution in [-0.2, 0) is 6.18 Å². The molecule has 1 heterocycles. The molecule has 0 unspecified atom stereocenters. The Bertz CT molecular complexity index is 444. The van der Waals surface area contributed by atoms with Crippen LogP contribution in [-0.4, -0.2) is 25.7 Å². The third-order valence-corrected chi connectivity index (χ3v) is 3.73. The highest BCUT2D eigenvalue weighted by atomic mass is 79.9. The van der Waals surface area contributed by atoms with Gasteiger partial charge in [0, 0.05) is 29.8 Å². The lowest BCUT2D eigenvalue weighted by atomic mass is 10.1. The molecule has 2 rings (SSSR count). The summed E-state index contributed by atoms with van der Waals surface area (Å²) >= 11 is 3.11. The van der Waals surface area contributed by atoms with Crippen LogP contribution in [0.3, 0.4) is 0 Å². The number of anilines is 1. The van der Waals surface area contributed by atoms with Gasteiger partial charge >= 0.3 is 6.18 Å². The summed E-state index contributed by atoms with van der Waals surface area (Å²) in [6, 6.07) is 4.53. The predicted octanol–water partition coefficient (Wildman–Crippen LogP) is 3.66. The van der Waals surface area contributed by atoms with E-state index in [2.05, 4.69) is 21.2 Å². The Morgan fingerprint density at radius 1 is 1.37 bits per heavy atom. The first-order valence-electron chi connectivity index (χ1n) is 6.27. The zero-order chi connectivity index (χ0) is 14.0. The highest BCUT2D eigenvalue weighted by Crippen LogP contribution is 2.39. The first-order valence-corrected chi connectivity index (χ1v) is 7.07. The fraction of sp³-hybridized carbons (Fsp3) is 0.538. The van der Waals surface area contributed by atoms with Crippen LogP contribution in [0.1, 0.15) is 18.9 Å². The van der Waals surface area contributed by atoms with E-state index in [1.54, 1.807) is 12.1 Å². The van der Waals surface area contributed by atoms with Gasteiger partial charge in [-0.2, -0.15) is 13.2 Å². The number of hydrogen-bond donors (Lipinski definition) is 1. The molecule has 0 aromatic heterocycles. The van der Waals surface area contributed by atoms with Crippen LogP contribution in [0.15, 0.2) is 22.7 Å². The van der Waals surface area contributed by atoms with Crippen molar-refractivity contribution in [3.63, 3.8) is 0 Å². The number of hydrogen-bond acceptors (Lipinski definition) is 2. The van der Waals surface area contributed by atoms with E-state index in [1.807, 2.05) is 11.8 Å². The summed E-state index contributed by atoms with van der Waals surface area (Å²) in [4.78, 5) is 1.87. The fourth-order valence-electron chi connectivity index (χ4n) is 2.22. The maximum Gasteiger partial charge on any atom is 0.418 e. The predicted molar refractivity (Wildman–Crippen MR) is 73.4 cm³/mol. The summed E-state index contributed by atoms with van der Waals surface area (Å²) in [5.74, 6) is 0. The monoisotopic (exact) mass is 336 g/mol. The molecule has 1 saturated heterocycles. The van der Waals surface area contributed by atoms with Crippen LogP contribution >= 0.6 is 15.9 Å². The quantitative estimate of drug-likeness (QED) is 0.902. The molecule has 106 valence electrons. The molecule has 1 aromatic rings. The van der Waals surface area contributed by atoms with Crippen LogP contribution in [0.4, 0.5) is 18.9 Å². The van der Waals surface area contributed by atoms with Crippen molar-refractivity contribution >= 4 is 21.6 Å². The molecule has 0 radical (unpaired) electrons. The van der Waals surface area contributed by atoms with Crippen molar-refractivity contribution in [3.8, 4) is 0 Å². The third kappa shape index (κ3) is 3.23. The summed E-state index contributed by atoms with van der Waals surface area (Å²) in [5.41, 5.74) is -0.286. The molecule has 19 heavy (non-hydrogen) atoms. The maximum absolute atomic E-state index is 13.2. The first-order chi connectivity index (χ1) is 8.93. The average molecular weight is 337 g/mol. The normalized spacial score (nSPS) is 16.3. The van der Waals surface area contributed by atoms with Crippen LogP contribution in [0.5, 0.6) is 0 Å². The zero-order valence-electron chi connectivity index (χ0n) is 10.6. The van der Waals surface area contributed by atoms with Crippen molar-refractivity contribution in [1.29, 1.82) is 0 Å². The molecule has 2 nitrogen and oxygen atoms in total. The van der Waals surface area contributed by atoms with Crippen molar-refractivity contribution in [2.24, 2.45) is 0 Å². The number of rotatable bonds is 4. The molecule has 0 spiro atoms. The summed E-state index contributed by atoms with van der Waals surface area (Å²) in [5, 5.41) is 3.11. The molecule has 1 fully saturated rings. The minimum absolute atomic E-state index is 0.155. The minimum Gasteiger partial charge on any atom is -0.366 e. The molecular weight excluding hydrogens is 321 g/mol. The van der Waals surface area contributed by atoms with Crippen molar-refractivity contribution in [3.05, 3.63) is 28.2 Å². The van der Waals surface area contributed by atoms with Gasteiger partial charge in [-0.15, -0.1) is 0 Å². The molecule has 0 amide bonds. The summed E-state index contributed by atoms with van der Waals surface area (Å²) in [7, 11) is 0. The number of halogens is 4. The Hall–Kier alpha value is -0.750. The standard InChI is InChI=1S/C13H16BrF3N2/c1-2-5-19(10-7-18-8-10)12-4-3-9(14)6-11(12)13(15,16)17/h3-4,6,10,18H,2,5,7-8H2,1H3. The fourth-order valence-corrected chi connectivity index (χ4v) is 2.58. The van der Waals surface area contributed by atoms with E-state index < -0.39 is 11.7 Å². The lowest BCUT2D eigenvalue weighted by molar-refractivity contribution is -0.137. The first kappa shape index (κ1) is 14.7. The molecule has 1 aromatic carbocycles. The summed E-state index contributed by atoms with van der Waals surface area (Å²) in [6.45, 7) is 4.10. The number of nitrogens with zero attached hydrogens (tertiary/aromatic N) is 1. The molecule has 0 saturated carbocycles. The van der Waals surface area contributed by atoms with Gasteiger partial charge in [0.25, 0.3) is 0 Å². The van der Waals surface area contributed by atoms with Crippen molar-refractivity contribution in [2.75, 3.05) is 24.5 Å². The van der Waals surface area contributed by atoms with Gasteiger partial charge in [0.2, 0.25) is 0 Å². The Balaban J connectivity index is 2.40. The van der Waals surface area contributed by atoms with Crippen LogP contribution in [0, 0.1) is 0 Å². The number of alkyl halides is 3. The molecule has 0 bridgehead atoms. The minimum atomic E-state index is -4.33. The molecular formula is C13H16BrF3N2. The van der Waals surface area contributed by atoms with Crippen molar-refractivity contribution in [1.82, 2.24) is 5.32 Å². The zero-order valence-corrected chi connectivity index (χ0v) is 12.2. The van der Waals surface area contributed by atoms with E-state index in [0.717, 1.165) is 25.6 Å². The Labute approximate surface area is 119 Å². The second-order valence-corrected chi connectivity index (χ2v) is 5.58. The molecule has 6 heteroatoms. The lowest BCUT2D eigenvalue weighted by Gasteiger charge is -2.40. The van der Waals surface area contributed by atoms with Crippen LogP contribution in [0.25, 0.3) is 0 Å². The van der Waals surface area contributed by atoms with E-state index in [-0.39, 0.29) is 11.7 Å². The van der Waals surface area contributed by atoms with E-state index in [0.29, 0.717) is 11.0 Å². The Kier molecular flexibility index (Phi) is 4.40. The van der Waals surface area contributed by atoms with E-state index in [1.165, 1.54) is 0 Å². The topological polar surface area (TPSA) is 15.3 Å². The van der Waals surface area contributed by atoms with Crippen LogP contribution in [0.2, 0.25) is 0 Å². The van der Waals surface area contributed by atoms with Gasteiger partial charge in [-0.25, -0.2) is 0 Å². The third-order valence-electron chi connectivity index (χ3n) is 3.24. The van der Waals surface area contributed by atoms with Gasteiger partial charge in [0.1, 0.15) is 0 Å². The second-order valence-electron chi connectivity index (χ2n) is 4.66. The molecule has 0 atom stereocenters. The molecule has 0 aliphatic carbocycles. The Morgan fingerprint density at radius 3 is 2.53 bits per heavy atom. The lowest BCUT2D eigenvalue weighted by Crippen LogP contribution is -2.58. The van der Waals surface area contributed by atoms with Gasteiger partial charge in [-0.05, 0) is 24.6 Å². The van der Waals surface area contributed by atoms with Gasteiger partial charge in [0.05, 0.1) is 11.6 Å². The van der Waals surface area contributed by atoms with E-state index in [9.17, 15) is 13.2 Å². The number of benzene rings is 1.